The number of ketones is 3. The molecule has 3 aromatic carbocycles. The molecule has 3 aromatic rings. The lowest BCUT2D eigenvalue weighted by Gasteiger charge is -2.16. The molecule has 0 fully saturated rings. The average molecular weight is 601 g/mol. The molecule has 3 nitrogen and oxygen atoms in total. The van der Waals surface area contributed by atoms with Gasteiger partial charge in [-0.3, -0.25) is 14.4 Å². The summed E-state index contributed by atoms with van der Waals surface area (Å²) >= 11 is 0. The van der Waals surface area contributed by atoms with Gasteiger partial charge in [-0.05, 0) is 53.1 Å². The van der Waals surface area contributed by atoms with Crippen molar-refractivity contribution in [3.8, 4) is 37.0 Å². The number of hydrogen-bond donors (Lipinski definition) is 0. The van der Waals surface area contributed by atoms with Gasteiger partial charge in [-0.15, -0.1) is 19.3 Å². The van der Waals surface area contributed by atoms with Gasteiger partial charge in [0, 0.05) is 52.2 Å². The summed E-state index contributed by atoms with van der Waals surface area (Å²) in [6, 6.07) is 22.7. The number of Topliss-reactive ketones (excluding diaryl/α,β-unsaturated/α-hetero) is 3. The standard InChI is InChI=1S/3C14H16O/c1-5-11-6-8-12(9-7-11)10-13(15)14(2,3)4;2*1-5-11-7-6-8-12(9-11)10-13(15)14(2,3)4/h3*1,6-9H,10H2,2-4H3. The maximum Gasteiger partial charge on any atom is 0.142 e. The highest BCUT2D eigenvalue weighted by atomic mass is 16.1. The fourth-order valence-electron chi connectivity index (χ4n) is 3.61. The average Bonchev–Trinajstić information content (AvgIpc) is 2.97. The SMILES string of the molecule is C#Cc1ccc(CC(=O)C(C)(C)C)cc1.C#Cc1cccc(CC(=O)C(C)(C)C)c1.C#Cc1cccc(CC(=O)C(C)(C)C)c1. The van der Waals surface area contributed by atoms with Crippen molar-refractivity contribution in [2.75, 3.05) is 0 Å². The van der Waals surface area contributed by atoms with E-state index >= 15 is 0 Å². The van der Waals surface area contributed by atoms with Crippen LogP contribution in [0.25, 0.3) is 0 Å². The monoisotopic (exact) mass is 600 g/mol. The van der Waals surface area contributed by atoms with Crippen LogP contribution in [0, 0.1) is 53.3 Å². The smallest absolute Gasteiger partial charge is 0.142 e. The van der Waals surface area contributed by atoms with Crippen molar-refractivity contribution in [2.24, 2.45) is 16.2 Å². The summed E-state index contributed by atoms with van der Waals surface area (Å²) in [6.07, 6.45) is 17.2. The minimum Gasteiger partial charge on any atom is -0.299 e. The van der Waals surface area contributed by atoms with E-state index in [1.807, 2.05) is 135 Å². The number of rotatable bonds is 6. The minimum atomic E-state index is -0.286. The van der Waals surface area contributed by atoms with Gasteiger partial charge in [0.05, 0.1) is 0 Å². The first kappa shape index (κ1) is 38.4. The Hall–Kier alpha value is -4.65. The van der Waals surface area contributed by atoms with Crippen LogP contribution in [0.3, 0.4) is 0 Å². The summed E-state index contributed by atoms with van der Waals surface area (Å²) in [4.78, 5) is 35.3. The second-order valence-electron chi connectivity index (χ2n) is 14.1. The van der Waals surface area contributed by atoms with Crippen LogP contribution < -0.4 is 0 Å². The first-order valence-corrected chi connectivity index (χ1v) is 15.1. The van der Waals surface area contributed by atoms with Crippen molar-refractivity contribution >= 4 is 17.3 Å². The lowest BCUT2D eigenvalue weighted by Crippen LogP contribution is -2.22. The molecule has 0 radical (unpaired) electrons. The summed E-state index contributed by atoms with van der Waals surface area (Å²) < 4.78 is 0. The fourth-order valence-corrected chi connectivity index (χ4v) is 3.61. The molecule has 0 saturated heterocycles. The number of carbonyl (C=O) groups excluding carboxylic acids is 3. The molecule has 0 aliphatic carbocycles. The molecule has 0 aliphatic rings. The van der Waals surface area contributed by atoms with Crippen molar-refractivity contribution in [2.45, 2.75) is 81.6 Å². The van der Waals surface area contributed by atoms with E-state index in [4.69, 9.17) is 19.3 Å². The molecule has 0 atom stereocenters. The Morgan fingerprint density at radius 2 is 0.778 bits per heavy atom. The van der Waals surface area contributed by atoms with Crippen LogP contribution in [0.5, 0.6) is 0 Å². The number of benzene rings is 3. The number of hydrogen-bond acceptors (Lipinski definition) is 3. The quantitative estimate of drug-likeness (QED) is 0.267. The summed E-state index contributed by atoms with van der Waals surface area (Å²) in [5, 5.41) is 0. The highest BCUT2D eigenvalue weighted by molar-refractivity contribution is 5.86. The van der Waals surface area contributed by atoms with Gasteiger partial charge in [-0.25, -0.2) is 0 Å². The van der Waals surface area contributed by atoms with Gasteiger partial charge in [-0.1, -0.05) is 116 Å². The van der Waals surface area contributed by atoms with Crippen LogP contribution in [0.4, 0.5) is 0 Å². The van der Waals surface area contributed by atoms with Crippen LogP contribution in [-0.4, -0.2) is 17.3 Å². The molecule has 3 rings (SSSR count). The summed E-state index contributed by atoms with van der Waals surface area (Å²) in [6.45, 7) is 17.4. The van der Waals surface area contributed by atoms with Crippen LogP contribution in [-0.2, 0) is 33.6 Å². The maximum atomic E-state index is 11.8. The van der Waals surface area contributed by atoms with Crippen LogP contribution in [0.15, 0.2) is 72.8 Å². The van der Waals surface area contributed by atoms with E-state index in [2.05, 4.69) is 17.8 Å². The predicted molar refractivity (Wildman–Crippen MR) is 188 cm³/mol. The van der Waals surface area contributed by atoms with Gasteiger partial charge in [0.1, 0.15) is 17.3 Å². The van der Waals surface area contributed by atoms with Crippen molar-refractivity contribution in [3.05, 3.63) is 106 Å². The van der Waals surface area contributed by atoms with Crippen molar-refractivity contribution in [1.29, 1.82) is 0 Å². The molecular weight excluding hydrogens is 552 g/mol. The molecular formula is C42H48O3. The van der Waals surface area contributed by atoms with Crippen LogP contribution in [0.2, 0.25) is 0 Å². The molecule has 0 aromatic heterocycles. The molecule has 0 N–H and O–H groups in total. The van der Waals surface area contributed by atoms with Gasteiger partial charge in [0.25, 0.3) is 0 Å². The van der Waals surface area contributed by atoms with Crippen molar-refractivity contribution in [3.63, 3.8) is 0 Å². The highest BCUT2D eigenvalue weighted by Crippen LogP contribution is 2.20. The largest absolute Gasteiger partial charge is 0.299 e. The first-order valence-electron chi connectivity index (χ1n) is 15.1. The Morgan fingerprint density at radius 1 is 0.467 bits per heavy atom. The normalized spacial score (nSPS) is 10.8. The van der Waals surface area contributed by atoms with E-state index < -0.39 is 0 Å². The van der Waals surface area contributed by atoms with E-state index in [9.17, 15) is 14.4 Å². The Bertz CT molecular complexity index is 1500. The topological polar surface area (TPSA) is 51.2 Å². The van der Waals surface area contributed by atoms with Crippen molar-refractivity contribution < 1.29 is 14.4 Å². The molecule has 234 valence electrons. The Morgan fingerprint density at radius 3 is 1.07 bits per heavy atom. The van der Waals surface area contributed by atoms with Gasteiger partial charge in [-0.2, -0.15) is 0 Å². The van der Waals surface area contributed by atoms with Gasteiger partial charge < -0.3 is 0 Å². The van der Waals surface area contributed by atoms with Crippen molar-refractivity contribution in [1.82, 2.24) is 0 Å². The number of terminal acetylenes is 3. The zero-order chi connectivity index (χ0) is 34.4. The molecule has 0 amide bonds. The van der Waals surface area contributed by atoms with Crippen LogP contribution >= 0.6 is 0 Å². The molecule has 0 aliphatic heterocycles. The van der Waals surface area contributed by atoms with E-state index in [-0.39, 0.29) is 33.6 Å². The van der Waals surface area contributed by atoms with Gasteiger partial charge >= 0.3 is 0 Å². The third-order valence-electron chi connectivity index (χ3n) is 6.91. The van der Waals surface area contributed by atoms with Gasteiger partial charge in [0.15, 0.2) is 0 Å². The van der Waals surface area contributed by atoms with Crippen LogP contribution in [0.1, 0.15) is 95.7 Å². The summed E-state index contributed by atoms with van der Waals surface area (Å²) in [7, 11) is 0. The zero-order valence-electron chi connectivity index (χ0n) is 28.5. The van der Waals surface area contributed by atoms with E-state index in [0.717, 1.165) is 33.4 Å². The second-order valence-corrected chi connectivity index (χ2v) is 14.1. The van der Waals surface area contributed by atoms with E-state index in [1.165, 1.54) is 0 Å². The Labute approximate surface area is 272 Å². The summed E-state index contributed by atoms with van der Waals surface area (Å²) in [5.74, 6) is 8.40. The molecule has 0 heterocycles. The molecule has 3 heteroatoms. The molecule has 0 spiro atoms. The first-order chi connectivity index (χ1) is 20.8. The highest BCUT2D eigenvalue weighted by Gasteiger charge is 2.22. The second kappa shape index (κ2) is 17.0. The molecule has 0 saturated carbocycles. The third kappa shape index (κ3) is 14.6. The van der Waals surface area contributed by atoms with E-state index in [0.29, 0.717) is 19.3 Å². The lowest BCUT2D eigenvalue weighted by molar-refractivity contribution is -0.126. The Balaban J connectivity index is 0.000000337. The Kier molecular flexibility index (Phi) is 14.5. The minimum absolute atomic E-state index is 0.233. The van der Waals surface area contributed by atoms with E-state index in [1.54, 1.807) is 0 Å². The fraction of sp³-hybridized carbons (Fsp3) is 0.357. The third-order valence-corrected chi connectivity index (χ3v) is 6.91. The molecule has 45 heavy (non-hydrogen) atoms. The molecule has 0 bridgehead atoms. The molecule has 0 unspecified atom stereocenters. The summed E-state index contributed by atoms with van der Waals surface area (Å²) in [5.41, 5.74) is 4.67. The number of carbonyl (C=O) groups is 3. The van der Waals surface area contributed by atoms with Gasteiger partial charge in [0.2, 0.25) is 0 Å². The predicted octanol–water partition coefficient (Wildman–Crippen LogP) is 8.48. The maximum absolute atomic E-state index is 11.8. The lowest BCUT2D eigenvalue weighted by atomic mass is 9.87. The zero-order valence-corrected chi connectivity index (χ0v) is 28.5.